The van der Waals surface area contributed by atoms with Gasteiger partial charge in [-0.05, 0) is 40.0 Å². The molecule has 0 aromatic carbocycles. The quantitative estimate of drug-likeness (QED) is 0.813. The summed E-state index contributed by atoms with van der Waals surface area (Å²) in [5.74, 6) is 0.362. The van der Waals surface area contributed by atoms with Gasteiger partial charge in [0.1, 0.15) is 5.60 Å². The fourth-order valence-electron chi connectivity index (χ4n) is 2.65. The van der Waals surface area contributed by atoms with Gasteiger partial charge in [-0.3, -0.25) is 4.79 Å². The van der Waals surface area contributed by atoms with Crippen molar-refractivity contribution in [2.75, 3.05) is 13.1 Å². The van der Waals surface area contributed by atoms with E-state index >= 15 is 0 Å². The molecule has 0 aromatic rings. The molecule has 1 N–H and O–H groups in total. The zero-order valence-electron chi connectivity index (χ0n) is 13.2. The summed E-state index contributed by atoms with van der Waals surface area (Å²) in [4.78, 5) is 25.4. The van der Waals surface area contributed by atoms with Crippen LogP contribution in [0.25, 0.3) is 0 Å². The van der Waals surface area contributed by atoms with E-state index in [0.717, 1.165) is 19.3 Å². The molecule has 118 valence electrons. The number of nitrogens with zero attached hydrogens (tertiary/aromatic N) is 1. The predicted octanol–water partition coefficient (Wildman–Crippen LogP) is 2.47. The number of hydrogen-bond acceptors (Lipinski definition) is 3. The minimum absolute atomic E-state index is 0.101. The summed E-state index contributed by atoms with van der Waals surface area (Å²) in [7, 11) is 0. The summed E-state index contributed by atoms with van der Waals surface area (Å²) >= 11 is 0. The Labute approximate surface area is 126 Å². The van der Waals surface area contributed by atoms with E-state index in [1.807, 2.05) is 20.8 Å². The van der Waals surface area contributed by atoms with Crippen LogP contribution in [0, 0.1) is 5.92 Å². The normalized spacial score (nSPS) is 22.6. The molecule has 0 spiro atoms. The molecule has 0 aromatic heterocycles. The maximum Gasteiger partial charge on any atom is 0.410 e. The predicted molar refractivity (Wildman–Crippen MR) is 80.8 cm³/mol. The largest absolute Gasteiger partial charge is 0.444 e. The lowest BCUT2D eigenvalue weighted by Gasteiger charge is -2.39. The number of carbonyl (C=O) groups is 2. The van der Waals surface area contributed by atoms with Crippen molar-refractivity contribution in [3.63, 3.8) is 0 Å². The number of allylic oxidation sites excluding steroid dienone is 1. The first-order valence-corrected chi connectivity index (χ1v) is 7.76. The van der Waals surface area contributed by atoms with E-state index in [-0.39, 0.29) is 24.0 Å². The molecule has 1 heterocycles. The minimum Gasteiger partial charge on any atom is -0.444 e. The zero-order chi connectivity index (χ0) is 15.5. The van der Waals surface area contributed by atoms with Crippen LogP contribution in [0.15, 0.2) is 12.2 Å². The van der Waals surface area contributed by atoms with Gasteiger partial charge in [0.2, 0.25) is 5.91 Å². The zero-order valence-corrected chi connectivity index (χ0v) is 13.2. The fraction of sp³-hybridized carbons (Fsp3) is 0.750. The van der Waals surface area contributed by atoms with Crippen LogP contribution in [0.4, 0.5) is 4.79 Å². The molecule has 1 saturated heterocycles. The van der Waals surface area contributed by atoms with Gasteiger partial charge in [-0.15, -0.1) is 0 Å². The molecule has 0 bridgehead atoms. The number of hydrogen-bond donors (Lipinski definition) is 1. The van der Waals surface area contributed by atoms with Gasteiger partial charge in [0.25, 0.3) is 0 Å². The number of likely N-dealkylation sites (tertiary alicyclic amines) is 1. The number of amides is 2. The first-order chi connectivity index (χ1) is 9.83. The van der Waals surface area contributed by atoms with Crippen LogP contribution in [0.5, 0.6) is 0 Å². The topological polar surface area (TPSA) is 58.6 Å². The van der Waals surface area contributed by atoms with Crippen LogP contribution in [0.1, 0.15) is 46.5 Å². The Bertz CT molecular complexity index is 420. The SMILES string of the molecule is CC(C)(C)OC(=O)N1CC(CC(=O)N[C@@H]2CC=CCC2)C1. The Balaban J connectivity index is 1.64. The summed E-state index contributed by atoms with van der Waals surface area (Å²) in [5.41, 5.74) is -0.464. The molecular formula is C16H26N2O3. The average Bonchev–Trinajstić information content (AvgIpc) is 2.32. The number of nitrogens with one attached hydrogen (secondary N) is 1. The van der Waals surface area contributed by atoms with Crippen molar-refractivity contribution >= 4 is 12.0 Å². The molecule has 5 heteroatoms. The van der Waals surface area contributed by atoms with E-state index < -0.39 is 5.60 Å². The summed E-state index contributed by atoms with van der Waals surface area (Å²) in [6, 6.07) is 0.282. The first kappa shape index (κ1) is 15.9. The molecule has 2 amide bonds. The second kappa shape index (κ2) is 6.50. The Morgan fingerprint density at radius 2 is 2.00 bits per heavy atom. The van der Waals surface area contributed by atoms with Crippen molar-refractivity contribution in [2.24, 2.45) is 5.92 Å². The lowest BCUT2D eigenvalue weighted by molar-refractivity contribution is -0.124. The smallest absolute Gasteiger partial charge is 0.410 e. The third-order valence-corrected chi connectivity index (χ3v) is 3.72. The van der Waals surface area contributed by atoms with E-state index in [4.69, 9.17) is 4.74 Å². The van der Waals surface area contributed by atoms with Crippen LogP contribution < -0.4 is 5.32 Å². The highest BCUT2D eigenvalue weighted by Gasteiger charge is 2.34. The van der Waals surface area contributed by atoms with Gasteiger partial charge in [0, 0.05) is 31.5 Å². The van der Waals surface area contributed by atoms with Gasteiger partial charge in [-0.1, -0.05) is 12.2 Å². The molecule has 5 nitrogen and oxygen atoms in total. The Morgan fingerprint density at radius 1 is 1.29 bits per heavy atom. The fourth-order valence-corrected chi connectivity index (χ4v) is 2.65. The standard InChI is InChI=1S/C16H26N2O3/c1-16(2,3)21-15(20)18-10-12(11-18)9-14(19)17-13-7-5-4-6-8-13/h4-5,12-13H,6-11H2,1-3H3,(H,17,19)/t13-/m1/s1. The molecule has 0 radical (unpaired) electrons. The summed E-state index contributed by atoms with van der Waals surface area (Å²) in [6.07, 6.45) is 7.50. The molecule has 0 saturated carbocycles. The maximum absolute atomic E-state index is 11.9. The van der Waals surface area contributed by atoms with Crippen LogP contribution in [-0.4, -0.2) is 41.6 Å². The highest BCUT2D eigenvalue weighted by molar-refractivity contribution is 5.77. The van der Waals surface area contributed by atoms with Crippen molar-refractivity contribution < 1.29 is 14.3 Å². The third-order valence-electron chi connectivity index (χ3n) is 3.72. The number of carbonyl (C=O) groups excluding carboxylic acids is 2. The second-order valence-electron chi connectivity index (χ2n) is 7.00. The van der Waals surface area contributed by atoms with E-state index in [2.05, 4.69) is 17.5 Å². The second-order valence-corrected chi connectivity index (χ2v) is 7.00. The van der Waals surface area contributed by atoms with E-state index in [9.17, 15) is 9.59 Å². The Morgan fingerprint density at radius 3 is 2.57 bits per heavy atom. The molecule has 2 aliphatic rings. The van der Waals surface area contributed by atoms with Crippen LogP contribution in [-0.2, 0) is 9.53 Å². The number of ether oxygens (including phenoxy) is 1. The van der Waals surface area contributed by atoms with Gasteiger partial charge in [0.05, 0.1) is 0 Å². The summed E-state index contributed by atoms with van der Waals surface area (Å²) < 4.78 is 5.30. The van der Waals surface area contributed by atoms with Crippen molar-refractivity contribution in [3.05, 3.63) is 12.2 Å². The lowest BCUT2D eigenvalue weighted by atomic mass is 9.95. The van der Waals surface area contributed by atoms with Crippen molar-refractivity contribution in [3.8, 4) is 0 Å². The van der Waals surface area contributed by atoms with E-state index in [1.165, 1.54) is 0 Å². The Kier molecular flexibility index (Phi) is 4.91. The molecule has 1 fully saturated rings. The molecule has 0 unspecified atom stereocenters. The van der Waals surface area contributed by atoms with Gasteiger partial charge in [-0.2, -0.15) is 0 Å². The van der Waals surface area contributed by atoms with Gasteiger partial charge >= 0.3 is 6.09 Å². The molecule has 1 aliphatic heterocycles. The van der Waals surface area contributed by atoms with Crippen molar-refractivity contribution in [2.45, 2.75) is 58.1 Å². The first-order valence-electron chi connectivity index (χ1n) is 7.76. The van der Waals surface area contributed by atoms with Gasteiger partial charge in [0.15, 0.2) is 0 Å². The molecule has 2 rings (SSSR count). The third kappa shape index (κ3) is 5.06. The monoisotopic (exact) mass is 294 g/mol. The van der Waals surface area contributed by atoms with Gasteiger partial charge < -0.3 is 15.0 Å². The maximum atomic E-state index is 11.9. The summed E-state index contributed by atoms with van der Waals surface area (Å²) in [6.45, 7) is 6.80. The molecular weight excluding hydrogens is 268 g/mol. The van der Waals surface area contributed by atoms with E-state index in [0.29, 0.717) is 19.5 Å². The molecule has 1 atom stereocenters. The Hall–Kier alpha value is -1.52. The number of rotatable bonds is 3. The highest BCUT2D eigenvalue weighted by Crippen LogP contribution is 2.22. The van der Waals surface area contributed by atoms with E-state index in [1.54, 1.807) is 4.90 Å². The van der Waals surface area contributed by atoms with Crippen LogP contribution >= 0.6 is 0 Å². The molecule has 21 heavy (non-hydrogen) atoms. The average molecular weight is 294 g/mol. The van der Waals surface area contributed by atoms with Crippen molar-refractivity contribution in [1.82, 2.24) is 10.2 Å². The minimum atomic E-state index is -0.464. The highest BCUT2D eigenvalue weighted by atomic mass is 16.6. The van der Waals surface area contributed by atoms with Crippen molar-refractivity contribution in [1.29, 1.82) is 0 Å². The van der Waals surface area contributed by atoms with Gasteiger partial charge in [-0.25, -0.2) is 4.79 Å². The lowest BCUT2D eigenvalue weighted by Crippen LogP contribution is -2.53. The van der Waals surface area contributed by atoms with Crippen LogP contribution in [0.2, 0.25) is 0 Å². The summed E-state index contributed by atoms with van der Waals surface area (Å²) in [5, 5.41) is 3.08. The molecule has 1 aliphatic carbocycles. The van der Waals surface area contributed by atoms with Crippen LogP contribution in [0.3, 0.4) is 0 Å².